The Morgan fingerprint density at radius 1 is 1.21 bits per heavy atom. The molecule has 0 radical (unpaired) electrons. The maximum absolute atomic E-state index is 12.9. The Kier molecular flexibility index (Phi) is 5.52. The fourth-order valence-corrected chi connectivity index (χ4v) is 2.96. The SMILES string of the molecule is NCC(F)(F)CNS(=O)(=O)Cc1cc(Cl)cc(Cl)c1. The molecule has 3 N–H and O–H groups in total. The molecule has 0 bridgehead atoms. The van der Waals surface area contributed by atoms with Crippen LogP contribution in [0.1, 0.15) is 5.56 Å². The Balaban J connectivity index is 2.74. The molecule has 1 rings (SSSR count). The van der Waals surface area contributed by atoms with Crippen molar-refractivity contribution in [3.63, 3.8) is 0 Å². The molecule has 19 heavy (non-hydrogen) atoms. The molecule has 0 aliphatic heterocycles. The second kappa shape index (κ2) is 6.32. The van der Waals surface area contributed by atoms with Gasteiger partial charge < -0.3 is 5.73 Å². The van der Waals surface area contributed by atoms with E-state index in [1.54, 1.807) is 4.72 Å². The minimum atomic E-state index is -3.91. The Bertz CT molecular complexity index is 532. The largest absolute Gasteiger partial charge is 0.325 e. The molecule has 0 fully saturated rings. The highest BCUT2D eigenvalue weighted by atomic mass is 35.5. The Labute approximate surface area is 119 Å². The predicted molar refractivity (Wildman–Crippen MR) is 71.1 cm³/mol. The third-order valence-electron chi connectivity index (χ3n) is 2.13. The normalized spacial score (nSPS) is 12.7. The molecule has 0 atom stereocenters. The van der Waals surface area contributed by atoms with Crippen LogP contribution in [0.15, 0.2) is 18.2 Å². The fourth-order valence-electron chi connectivity index (χ4n) is 1.25. The Morgan fingerprint density at radius 2 is 1.74 bits per heavy atom. The molecule has 0 aromatic heterocycles. The summed E-state index contributed by atoms with van der Waals surface area (Å²) in [6.07, 6.45) is 0. The van der Waals surface area contributed by atoms with Gasteiger partial charge >= 0.3 is 0 Å². The maximum Gasteiger partial charge on any atom is 0.273 e. The van der Waals surface area contributed by atoms with Crippen molar-refractivity contribution in [2.24, 2.45) is 5.73 Å². The lowest BCUT2D eigenvalue weighted by atomic mass is 10.2. The second-order valence-electron chi connectivity index (χ2n) is 3.92. The summed E-state index contributed by atoms with van der Waals surface area (Å²) in [5.41, 5.74) is 5.11. The first-order chi connectivity index (χ1) is 8.63. The monoisotopic (exact) mass is 332 g/mol. The van der Waals surface area contributed by atoms with Crippen molar-refractivity contribution in [1.82, 2.24) is 4.72 Å². The highest BCUT2D eigenvalue weighted by Crippen LogP contribution is 2.20. The molecule has 0 aliphatic carbocycles. The van der Waals surface area contributed by atoms with Crippen LogP contribution in [-0.2, 0) is 15.8 Å². The van der Waals surface area contributed by atoms with Crippen LogP contribution in [0.2, 0.25) is 10.0 Å². The van der Waals surface area contributed by atoms with Gasteiger partial charge in [0, 0.05) is 10.0 Å². The van der Waals surface area contributed by atoms with E-state index in [-0.39, 0.29) is 10.0 Å². The van der Waals surface area contributed by atoms with Crippen molar-refractivity contribution < 1.29 is 17.2 Å². The minimum absolute atomic E-state index is 0.269. The van der Waals surface area contributed by atoms with Gasteiger partial charge in [0.2, 0.25) is 10.0 Å². The predicted octanol–water partition coefficient (Wildman–Crippen LogP) is 2.01. The molecule has 0 aliphatic rings. The summed E-state index contributed by atoms with van der Waals surface area (Å²) in [4.78, 5) is 0. The number of sulfonamides is 1. The molecule has 108 valence electrons. The summed E-state index contributed by atoms with van der Waals surface area (Å²) in [5, 5.41) is 0.537. The maximum atomic E-state index is 12.9. The molecular weight excluding hydrogens is 321 g/mol. The topological polar surface area (TPSA) is 72.2 Å². The van der Waals surface area contributed by atoms with Crippen molar-refractivity contribution in [2.45, 2.75) is 11.7 Å². The van der Waals surface area contributed by atoms with E-state index in [0.29, 0.717) is 5.56 Å². The van der Waals surface area contributed by atoms with Crippen LogP contribution in [0.3, 0.4) is 0 Å². The van der Waals surface area contributed by atoms with Crippen LogP contribution < -0.4 is 10.5 Å². The minimum Gasteiger partial charge on any atom is -0.325 e. The number of nitrogens with two attached hydrogens (primary N) is 1. The van der Waals surface area contributed by atoms with Crippen LogP contribution in [0, 0.1) is 0 Å². The molecule has 0 saturated carbocycles. The van der Waals surface area contributed by atoms with E-state index in [1.807, 2.05) is 0 Å². The van der Waals surface area contributed by atoms with Crippen LogP contribution in [0.25, 0.3) is 0 Å². The fraction of sp³-hybridized carbons (Fsp3) is 0.400. The average molecular weight is 333 g/mol. The zero-order valence-corrected chi connectivity index (χ0v) is 12.0. The quantitative estimate of drug-likeness (QED) is 0.836. The van der Waals surface area contributed by atoms with E-state index in [9.17, 15) is 17.2 Å². The van der Waals surface area contributed by atoms with Crippen LogP contribution >= 0.6 is 23.2 Å². The molecule has 0 amide bonds. The van der Waals surface area contributed by atoms with Crippen molar-refractivity contribution in [3.8, 4) is 0 Å². The number of benzene rings is 1. The zero-order chi connectivity index (χ0) is 14.7. The molecule has 1 aromatic rings. The lowest BCUT2D eigenvalue weighted by Crippen LogP contribution is -2.41. The molecule has 0 unspecified atom stereocenters. The molecule has 0 saturated heterocycles. The van der Waals surface area contributed by atoms with Crippen LogP contribution in [0.4, 0.5) is 8.78 Å². The van der Waals surface area contributed by atoms with Crippen LogP contribution in [-0.4, -0.2) is 27.4 Å². The molecular formula is C10H12Cl2F2N2O2S. The molecule has 0 spiro atoms. The smallest absolute Gasteiger partial charge is 0.273 e. The number of halogens is 4. The number of rotatable bonds is 6. The highest BCUT2D eigenvalue weighted by molar-refractivity contribution is 7.88. The summed E-state index contributed by atoms with van der Waals surface area (Å²) >= 11 is 11.4. The number of alkyl halides is 2. The van der Waals surface area contributed by atoms with E-state index in [2.05, 4.69) is 0 Å². The van der Waals surface area contributed by atoms with Crippen molar-refractivity contribution in [1.29, 1.82) is 0 Å². The van der Waals surface area contributed by atoms with Crippen molar-refractivity contribution >= 4 is 33.2 Å². The first-order valence-corrected chi connectivity index (χ1v) is 7.54. The second-order valence-corrected chi connectivity index (χ2v) is 6.60. The number of hydrogen-bond donors (Lipinski definition) is 2. The van der Waals surface area contributed by atoms with Gasteiger partial charge in [-0.2, -0.15) is 0 Å². The summed E-state index contributed by atoms with van der Waals surface area (Å²) < 4.78 is 50.7. The van der Waals surface area contributed by atoms with Gasteiger partial charge in [-0.3, -0.25) is 0 Å². The lowest BCUT2D eigenvalue weighted by Gasteiger charge is -2.14. The van der Waals surface area contributed by atoms with E-state index in [4.69, 9.17) is 28.9 Å². The summed E-state index contributed by atoms with van der Waals surface area (Å²) in [5.74, 6) is -3.77. The lowest BCUT2D eigenvalue weighted by molar-refractivity contribution is 0.0170. The third-order valence-corrected chi connectivity index (χ3v) is 3.86. The van der Waals surface area contributed by atoms with Gasteiger partial charge in [0.25, 0.3) is 5.92 Å². The van der Waals surface area contributed by atoms with Gasteiger partial charge in [0.1, 0.15) is 0 Å². The Morgan fingerprint density at radius 3 is 2.21 bits per heavy atom. The van der Waals surface area contributed by atoms with E-state index in [1.165, 1.54) is 18.2 Å². The first kappa shape index (κ1) is 16.6. The van der Waals surface area contributed by atoms with Gasteiger partial charge in [0.05, 0.1) is 18.8 Å². The van der Waals surface area contributed by atoms with E-state index < -0.39 is 34.8 Å². The van der Waals surface area contributed by atoms with Gasteiger partial charge in [-0.1, -0.05) is 23.2 Å². The van der Waals surface area contributed by atoms with Gasteiger partial charge in [-0.05, 0) is 23.8 Å². The van der Waals surface area contributed by atoms with Crippen LogP contribution in [0.5, 0.6) is 0 Å². The standard InChI is InChI=1S/C10H12Cl2F2N2O2S/c11-8-1-7(2-9(12)3-8)4-19(17,18)16-6-10(13,14)5-15/h1-3,16H,4-6,15H2. The summed E-state index contributed by atoms with van der Waals surface area (Å²) in [6, 6.07) is 4.23. The van der Waals surface area contributed by atoms with E-state index >= 15 is 0 Å². The van der Waals surface area contributed by atoms with Gasteiger partial charge in [-0.25, -0.2) is 21.9 Å². The highest BCUT2D eigenvalue weighted by Gasteiger charge is 2.28. The Hall–Kier alpha value is -0.470. The number of hydrogen-bond acceptors (Lipinski definition) is 3. The van der Waals surface area contributed by atoms with Gasteiger partial charge in [0.15, 0.2) is 0 Å². The molecule has 4 nitrogen and oxygen atoms in total. The van der Waals surface area contributed by atoms with Crippen molar-refractivity contribution in [2.75, 3.05) is 13.1 Å². The van der Waals surface area contributed by atoms with E-state index in [0.717, 1.165) is 0 Å². The summed E-state index contributed by atoms with van der Waals surface area (Å²) in [7, 11) is -3.91. The molecule has 1 aromatic carbocycles. The zero-order valence-electron chi connectivity index (χ0n) is 9.67. The summed E-state index contributed by atoms with van der Waals surface area (Å²) in [6.45, 7) is -1.97. The molecule has 9 heteroatoms. The first-order valence-electron chi connectivity index (χ1n) is 5.14. The molecule has 0 heterocycles. The third kappa shape index (κ3) is 6.01. The van der Waals surface area contributed by atoms with Gasteiger partial charge in [-0.15, -0.1) is 0 Å². The number of nitrogens with one attached hydrogen (secondary N) is 1. The average Bonchev–Trinajstić information content (AvgIpc) is 2.25. The van der Waals surface area contributed by atoms with Crippen molar-refractivity contribution in [3.05, 3.63) is 33.8 Å².